The van der Waals surface area contributed by atoms with E-state index in [4.69, 9.17) is 0 Å². The van der Waals surface area contributed by atoms with Gasteiger partial charge in [0.1, 0.15) is 0 Å². The summed E-state index contributed by atoms with van der Waals surface area (Å²) in [5.41, 5.74) is 4.69. The Kier molecular flexibility index (Phi) is 5.39. The van der Waals surface area contributed by atoms with Crippen molar-refractivity contribution in [3.8, 4) is 0 Å². The van der Waals surface area contributed by atoms with Gasteiger partial charge in [0.25, 0.3) is 11.8 Å². The summed E-state index contributed by atoms with van der Waals surface area (Å²) in [5.74, 6) is 0.240. The number of carbonyl (C=O) groups is 2. The Morgan fingerprint density at radius 2 is 1.16 bits per heavy atom. The number of hydrogen-bond donors (Lipinski definition) is 0. The molecule has 4 heteroatoms. The summed E-state index contributed by atoms with van der Waals surface area (Å²) >= 11 is 0. The summed E-state index contributed by atoms with van der Waals surface area (Å²) in [6, 6.07) is 26.1. The zero-order valence-corrected chi connectivity index (χ0v) is 17.5. The van der Waals surface area contributed by atoms with Crippen LogP contribution in [0.4, 0.5) is 0 Å². The molecule has 0 aliphatic carbocycles. The molecule has 0 radical (unpaired) electrons. The number of amides is 2. The molecule has 5 rings (SSSR count). The summed E-state index contributed by atoms with van der Waals surface area (Å²) in [4.78, 5) is 29.4. The molecule has 0 saturated carbocycles. The average Bonchev–Trinajstić information content (AvgIpc) is 3.06. The van der Waals surface area contributed by atoms with Crippen LogP contribution in [-0.2, 0) is 13.1 Å². The fourth-order valence-electron chi connectivity index (χ4n) is 4.81. The highest BCUT2D eigenvalue weighted by atomic mass is 16.2. The van der Waals surface area contributed by atoms with Gasteiger partial charge < -0.3 is 0 Å². The first kappa shape index (κ1) is 19.7. The number of rotatable bonds is 5. The monoisotopic (exact) mass is 410 g/mol. The van der Waals surface area contributed by atoms with Gasteiger partial charge in [0.05, 0.1) is 17.7 Å². The van der Waals surface area contributed by atoms with E-state index in [0.717, 1.165) is 38.0 Å². The standard InChI is InChI=1S/C27H26N2O2/c30-26-24-12-6-7-13-25(24)27(31)29(26)19-23-11-5-4-10-22(23)18-28-16-14-21(15-17-28)20-8-2-1-3-9-20/h1-13,21H,14-19H2. The van der Waals surface area contributed by atoms with E-state index in [2.05, 4.69) is 41.3 Å². The average molecular weight is 411 g/mol. The van der Waals surface area contributed by atoms with Crippen LogP contribution >= 0.6 is 0 Å². The van der Waals surface area contributed by atoms with Crippen molar-refractivity contribution >= 4 is 11.8 Å². The van der Waals surface area contributed by atoms with Crippen LogP contribution in [0.15, 0.2) is 78.9 Å². The number of hydrogen-bond acceptors (Lipinski definition) is 3. The van der Waals surface area contributed by atoms with Crippen LogP contribution in [0.2, 0.25) is 0 Å². The SMILES string of the molecule is O=C1c2ccccc2C(=O)N1Cc1ccccc1CN1CCC(c2ccccc2)CC1. The lowest BCUT2D eigenvalue weighted by Crippen LogP contribution is -2.33. The van der Waals surface area contributed by atoms with Crippen molar-refractivity contribution in [3.05, 3.63) is 107 Å². The first-order valence-corrected chi connectivity index (χ1v) is 11.0. The number of fused-ring (bicyclic) bond motifs is 1. The first-order chi connectivity index (χ1) is 15.2. The molecule has 0 unspecified atom stereocenters. The Morgan fingerprint density at radius 3 is 1.77 bits per heavy atom. The minimum atomic E-state index is -0.195. The van der Waals surface area contributed by atoms with Crippen LogP contribution < -0.4 is 0 Å². The summed E-state index contributed by atoms with van der Waals surface area (Å²) in [6.45, 7) is 3.28. The van der Waals surface area contributed by atoms with Crippen LogP contribution in [0, 0.1) is 0 Å². The minimum absolute atomic E-state index is 0.195. The second kappa shape index (κ2) is 8.48. The van der Waals surface area contributed by atoms with Crippen molar-refractivity contribution in [1.29, 1.82) is 0 Å². The lowest BCUT2D eigenvalue weighted by atomic mass is 9.89. The molecule has 0 N–H and O–H groups in total. The lowest BCUT2D eigenvalue weighted by Gasteiger charge is -2.32. The molecule has 31 heavy (non-hydrogen) atoms. The van der Waals surface area contributed by atoms with Gasteiger partial charge in [-0.05, 0) is 60.7 Å². The number of likely N-dealkylation sites (tertiary alicyclic amines) is 1. The molecule has 1 fully saturated rings. The quantitative estimate of drug-likeness (QED) is 0.564. The van der Waals surface area contributed by atoms with Crippen molar-refractivity contribution in [2.45, 2.75) is 31.8 Å². The summed E-state index contributed by atoms with van der Waals surface area (Å²) in [6.07, 6.45) is 2.31. The predicted molar refractivity (Wildman–Crippen MR) is 121 cm³/mol. The summed E-state index contributed by atoms with van der Waals surface area (Å²) < 4.78 is 0. The number of imide groups is 1. The van der Waals surface area contributed by atoms with Crippen LogP contribution in [0.5, 0.6) is 0 Å². The lowest BCUT2D eigenvalue weighted by molar-refractivity contribution is 0.0641. The smallest absolute Gasteiger partial charge is 0.261 e. The largest absolute Gasteiger partial charge is 0.299 e. The van der Waals surface area contributed by atoms with Gasteiger partial charge in [-0.3, -0.25) is 19.4 Å². The van der Waals surface area contributed by atoms with Gasteiger partial charge in [-0.25, -0.2) is 0 Å². The van der Waals surface area contributed by atoms with E-state index in [9.17, 15) is 9.59 Å². The van der Waals surface area contributed by atoms with E-state index < -0.39 is 0 Å². The van der Waals surface area contributed by atoms with Crippen LogP contribution in [-0.4, -0.2) is 34.7 Å². The summed E-state index contributed by atoms with van der Waals surface area (Å²) in [5, 5.41) is 0. The first-order valence-electron chi connectivity index (χ1n) is 11.0. The Balaban J connectivity index is 1.27. The predicted octanol–water partition coefficient (Wildman–Crippen LogP) is 4.86. The normalized spacial score (nSPS) is 17.2. The molecule has 3 aromatic rings. The maximum Gasteiger partial charge on any atom is 0.261 e. The Labute approximate surface area is 183 Å². The van der Waals surface area contributed by atoms with Crippen molar-refractivity contribution in [3.63, 3.8) is 0 Å². The minimum Gasteiger partial charge on any atom is -0.299 e. The van der Waals surface area contributed by atoms with Gasteiger partial charge in [0.2, 0.25) is 0 Å². The molecule has 4 nitrogen and oxygen atoms in total. The molecular weight excluding hydrogens is 384 g/mol. The Bertz CT molecular complexity index is 1070. The highest BCUT2D eigenvalue weighted by Crippen LogP contribution is 2.29. The molecule has 1 saturated heterocycles. The van der Waals surface area contributed by atoms with Crippen molar-refractivity contribution in [2.24, 2.45) is 0 Å². The zero-order chi connectivity index (χ0) is 21.2. The maximum absolute atomic E-state index is 12.8. The Morgan fingerprint density at radius 1 is 0.645 bits per heavy atom. The highest BCUT2D eigenvalue weighted by molar-refractivity contribution is 6.21. The molecule has 2 aliphatic rings. The molecular formula is C27H26N2O2. The fraction of sp³-hybridized carbons (Fsp3) is 0.259. The van der Waals surface area contributed by atoms with E-state index >= 15 is 0 Å². The van der Waals surface area contributed by atoms with Crippen LogP contribution in [0.1, 0.15) is 56.2 Å². The van der Waals surface area contributed by atoms with E-state index in [-0.39, 0.29) is 11.8 Å². The van der Waals surface area contributed by atoms with Crippen molar-refractivity contribution in [2.75, 3.05) is 13.1 Å². The van der Waals surface area contributed by atoms with Crippen LogP contribution in [0.3, 0.4) is 0 Å². The topological polar surface area (TPSA) is 40.6 Å². The second-order valence-electron chi connectivity index (χ2n) is 8.47. The molecule has 3 aromatic carbocycles. The third kappa shape index (κ3) is 3.91. The summed E-state index contributed by atoms with van der Waals surface area (Å²) in [7, 11) is 0. The molecule has 0 aromatic heterocycles. The second-order valence-corrected chi connectivity index (χ2v) is 8.47. The number of benzene rings is 3. The van der Waals surface area contributed by atoms with Gasteiger partial charge in [0.15, 0.2) is 0 Å². The van der Waals surface area contributed by atoms with Gasteiger partial charge in [0, 0.05) is 6.54 Å². The third-order valence-corrected chi connectivity index (χ3v) is 6.58. The third-order valence-electron chi connectivity index (χ3n) is 6.58. The van der Waals surface area contributed by atoms with Crippen LogP contribution in [0.25, 0.3) is 0 Å². The zero-order valence-electron chi connectivity index (χ0n) is 17.5. The Hall–Kier alpha value is -3.24. The fourth-order valence-corrected chi connectivity index (χ4v) is 4.81. The van der Waals surface area contributed by atoms with Crippen molar-refractivity contribution in [1.82, 2.24) is 9.80 Å². The van der Waals surface area contributed by atoms with E-state index in [1.807, 2.05) is 18.2 Å². The van der Waals surface area contributed by atoms with Gasteiger partial charge in [-0.1, -0.05) is 66.7 Å². The molecule has 0 atom stereocenters. The molecule has 2 heterocycles. The molecule has 2 aliphatic heterocycles. The van der Waals surface area contributed by atoms with E-state index in [1.54, 1.807) is 24.3 Å². The van der Waals surface area contributed by atoms with Gasteiger partial charge in [-0.15, -0.1) is 0 Å². The molecule has 156 valence electrons. The van der Waals surface area contributed by atoms with Gasteiger partial charge >= 0.3 is 0 Å². The number of nitrogens with zero attached hydrogens (tertiary/aromatic N) is 2. The maximum atomic E-state index is 12.8. The highest BCUT2D eigenvalue weighted by Gasteiger charge is 2.35. The number of carbonyl (C=O) groups excluding carboxylic acids is 2. The van der Waals surface area contributed by atoms with Crippen molar-refractivity contribution < 1.29 is 9.59 Å². The molecule has 0 spiro atoms. The molecule has 2 amide bonds. The van der Waals surface area contributed by atoms with E-state index in [0.29, 0.717) is 23.6 Å². The molecule has 0 bridgehead atoms. The van der Waals surface area contributed by atoms with Gasteiger partial charge in [-0.2, -0.15) is 0 Å². The van der Waals surface area contributed by atoms with E-state index in [1.165, 1.54) is 16.0 Å². The number of piperidine rings is 1.